The molecule has 0 saturated heterocycles. The van der Waals surface area contributed by atoms with E-state index in [1.54, 1.807) is 0 Å². The van der Waals surface area contributed by atoms with Crippen molar-refractivity contribution in [3.05, 3.63) is 21.4 Å². The maximum absolute atomic E-state index is 4.47. The fourth-order valence-corrected chi connectivity index (χ4v) is 1.97. The zero-order valence-electron chi connectivity index (χ0n) is 7.05. The summed E-state index contributed by atoms with van der Waals surface area (Å²) in [5.41, 5.74) is 1.25. The predicted molar refractivity (Wildman–Crippen MR) is 61.0 cm³/mol. The van der Waals surface area contributed by atoms with Gasteiger partial charge in [0.25, 0.3) is 0 Å². The summed E-state index contributed by atoms with van der Waals surface area (Å²) in [4.78, 5) is 4.47. The van der Waals surface area contributed by atoms with E-state index in [9.17, 15) is 0 Å². The number of unbranched alkanes of at least 4 members (excludes halogenated alkanes) is 1. The first-order valence-electron chi connectivity index (χ1n) is 4.08. The molecule has 1 nitrogen and oxygen atoms in total. The molecule has 64 valence electrons. The molecule has 3 heteroatoms. The number of rotatable bonds is 3. The Morgan fingerprint density at radius 2 is 2.25 bits per heavy atom. The number of hydrogen-bond donors (Lipinski definition) is 0. The van der Waals surface area contributed by atoms with Crippen LogP contribution >= 0.6 is 22.6 Å². The first-order chi connectivity index (χ1) is 5.74. The first kappa shape index (κ1) is 10.5. The minimum atomic E-state index is 1.06. The Kier molecular flexibility index (Phi) is 4.58. The van der Waals surface area contributed by atoms with E-state index in [4.69, 9.17) is 0 Å². The van der Waals surface area contributed by atoms with Crippen molar-refractivity contribution in [1.82, 2.24) is 4.98 Å². The number of pyridine rings is 1. The fraction of sp³-hybridized carbons (Fsp3) is 0.444. The molecule has 0 aliphatic carbocycles. The van der Waals surface area contributed by atoms with Crippen molar-refractivity contribution >= 4 is 43.9 Å². The van der Waals surface area contributed by atoms with E-state index in [0.29, 0.717) is 0 Å². The molecule has 0 atom stereocenters. The standard InChI is InChI=1S/C9H11AsIN/c1-2-3-4-8-7(11)5-6-9(10)12-8/h5-6H,2-4H2,1H3. The van der Waals surface area contributed by atoms with Crippen molar-refractivity contribution in [3.8, 4) is 0 Å². The molecule has 12 heavy (non-hydrogen) atoms. The van der Waals surface area contributed by atoms with Crippen molar-refractivity contribution in [2.45, 2.75) is 26.2 Å². The first-order valence-corrected chi connectivity index (χ1v) is 6.10. The molecule has 0 fully saturated rings. The van der Waals surface area contributed by atoms with Gasteiger partial charge in [0, 0.05) is 0 Å². The van der Waals surface area contributed by atoms with Crippen molar-refractivity contribution in [2.75, 3.05) is 0 Å². The number of hydrogen-bond acceptors (Lipinski definition) is 1. The Balaban J connectivity index is 2.75. The van der Waals surface area contributed by atoms with E-state index in [1.165, 1.54) is 22.1 Å². The summed E-state index contributed by atoms with van der Waals surface area (Å²) in [6.45, 7) is 2.21. The van der Waals surface area contributed by atoms with Gasteiger partial charge in [0.2, 0.25) is 0 Å². The van der Waals surface area contributed by atoms with Gasteiger partial charge in [0.1, 0.15) is 0 Å². The van der Waals surface area contributed by atoms with Crippen LogP contribution in [0.25, 0.3) is 0 Å². The van der Waals surface area contributed by atoms with Gasteiger partial charge in [0.05, 0.1) is 0 Å². The Morgan fingerprint density at radius 3 is 2.92 bits per heavy atom. The molecule has 0 aliphatic rings. The van der Waals surface area contributed by atoms with E-state index >= 15 is 0 Å². The quantitative estimate of drug-likeness (QED) is 0.607. The van der Waals surface area contributed by atoms with Gasteiger partial charge in [-0.3, -0.25) is 0 Å². The van der Waals surface area contributed by atoms with E-state index in [0.717, 1.165) is 10.9 Å². The van der Waals surface area contributed by atoms with E-state index in [-0.39, 0.29) is 0 Å². The van der Waals surface area contributed by atoms with Crippen LogP contribution in [0.1, 0.15) is 25.5 Å². The zero-order valence-corrected chi connectivity index (χ0v) is 11.1. The summed E-state index contributed by atoms with van der Waals surface area (Å²) in [5, 5.41) is 0. The zero-order chi connectivity index (χ0) is 8.97. The SMILES string of the molecule is CCCCc1nc([As])ccc1I. The number of nitrogens with zero attached hydrogens (tertiary/aromatic N) is 1. The summed E-state index contributed by atoms with van der Waals surface area (Å²) < 4.78 is 2.35. The predicted octanol–water partition coefficient (Wildman–Crippen LogP) is 1.82. The second-order valence-electron chi connectivity index (χ2n) is 2.70. The summed E-state index contributed by atoms with van der Waals surface area (Å²) >= 11 is 4.84. The molecule has 0 amide bonds. The van der Waals surface area contributed by atoms with Gasteiger partial charge < -0.3 is 0 Å². The van der Waals surface area contributed by atoms with Crippen LogP contribution < -0.4 is 4.48 Å². The van der Waals surface area contributed by atoms with Crippen molar-refractivity contribution in [1.29, 1.82) is 0 Å². The molecular formula is C9H11AsIN. The van der Waals surface area contributed by atoms with Crippen molar-refractivity contribution < 1.29 is 0 Å². The Morgan fingerprint density at radius 1 is 1.50 bits per heavy atom. The third-order valence-corrected chi connectivity index (χ3v) is 3.18. The fourth-order valence-electron chi connectivity index (χ4n) is 0.992. The Hall–Kier alpha value is 0.438. The molecule has 0 unspecified atom stereocenters. The topological polar surface area (TPSA) is 12.9 Å². The van der Waals surface area contributed by atoms with Crippen LogP contribution in [-0.4, -0.2) is 21.8 Å². The van der Waals surface area contributed by atoms with E-state index in [1.807, 2.05) is 6.07 Å². The molecule has 1 rings (SSSR count). The molecule has 1 aromatic rings. The maximum atomic E-state index is 4.47. The molecular weight excluding hydrogens is 324 g/mol. The average molecular weight is 335 g/mol. The molecule has 2 radical (unpaired) electrons. The average Bonchev–Trinajstić information content (AvgIpc) is 2.07. The van der Waals surface area contributed by atoms with Crippen molar-refractivity contribution in [3.63, 3.8) is 0 Å². The third-order valence-electron chi connectivity index (χ3n) is 1.67. The van der Waals surface area contributed by atoms with Gasteiger partial charge in [-0.05, 0) is 0 Å². The van der Waals surface area contributed by atoms with Crippen LogP contribution in [0.15, 0.2) is 12.1 Å². The normalized spacial score (nSPS) is 10.2. The van der Waals surface area contributed by atoms with Gasteiger partial charge in [-0.25, -0.2) is 0 Å². The van der Waals surface area contributed by atoms with Crippen LogP contribution in [0.3, 0.4) is 0 Å². The van der Waals surface area contributed by atoms with Crippen LogP contribution in [0.5, 0.6) is 0 Å². The molecule has 0 saturated carbocycles. The molecule has 1 heterocycles. The Labute approximate surface area is 96.0 Å². The molecule has 0 aliphatic heterocycles. The second-order valence-corrected chi connectivity index (χ2v) is 4.83. The summed E-state index contributed by atoms with van der Waals surface area (Å²) in [6.07, 6.45) is 3.58. The second kappa shape index (κ2) is 5.23. The summed E-state index contributed by atoms with van der Waals surface area (Å²) in [5.74, 6) is 0. The molecule has 1 aromatic heterocycles. The van der Waals surface area contributed by atoms with Gasteiger partial charge in [-0.1, -0.05) is 0 Å². The number of halogens is 1. The minimum absolute atomic E-state index is 1.06. The van der Waals surface area contributed by atoms with Gasteiger partial charge in [0.15, 0.2) is 0 Å². The van der Waals surface area contributed by atoms with E-state index in [2.05, 4.69) is 57.4 Å². The molecule has 0 bridgehead atoms. The van der Waals surface area contributed by atoms with E-state index < -0.39 is 0 Å². The van der Waals surface area contributed by atoms with Crippen LogP contribution in [0.2, 0.25) is 0 Å². The van der Waals surface area contributed by atoms with Crippen LogP contribution in [0.4, 0.5) is 0 Å². The van der Waals surface area contributed by atoms with Crippen LogP contribution in [-0.2, 0) is 6.42 Å². The molecule has 0 aromatic carbocycles. The monoisotopic (exact) mass is 335 g/mol. The third kappa shape index (κ3) is 3.06. The summed E-state index contributed by atoms with van der Waals surface area (Å²) in [7, 11) is 0. The number of aromatic nitrogens is 1. The molecule has 0 spiro atoms. The van der Waals surface area contributed by atoms with Crippen LogP contribution in [0, 0.1) is 3.57 Å². The van der Waals surface area contributed by atoms with Gasteiger partial charge in [-0.15, -0.1) is 0 Å². The van der Waals surface area contributed by atoms with Gasteiger partial charge in [-0.2, -0.15) is 0 Å². The Bertz CT molecular complexity index is 263. The number of aryl methyl sites for hydroxylation is 1. The van der Waals surface area contributed by atoms with Crippen molar-refractivity contribution in [2.24, 2.45) is 0 Å². The van der Waals surface area contributed by atoms with Gasteiger partial charge >= 0.3 is 96.5 Å². The molecule has 0 N–H and O–H groups in total. The summed E-state index contributed by atoms with van der Waals surface area (Å²) in [6, 6.07) is 4.17.